The summed E-state index contributed by atoms with van der Waals surface area (Å²) in [5, 5.41) is 0. The number of hydrogen-bond donors (Lipinski definition) is 0. The Morgan fingerprint density at radius 3 is 2.62 bits per heavy atom. The average molecular weight is 268 g/mol. The predicted octanol–water partition coefficient (Wildman–Crippen LogP) is 1.04. The molecule has 1 fully saturated rings. The van der Waals surface area contributed by atoms with Crippen LogP contribution < -0.4 is 0 Å². The van der Waals surface area contributed by atoms with Crippen molar-refractivity contribution in [3.05, 3.63) is 0 Å². The molecular formula is C10H18ClNO3S. The Bertz CT molecular complexity index is 342. The lowest BCUT2D eigenvalue weighted by Crippen LogP contribution is -2.37. The number of alkyl halides is 1. The van der Waals surface area contributed by atoms with Gasteiger partial charge in [-0.15, -0.1) is 11.6 Å². The smallest absolute Gasteiger partial charge is 0.222 e. The molecule has 0 aromatic carbocycles. The Labute approximate surface area is 102 Å². The number of carbonyl (C=O) groups is 1. The van der Waals surface area contributed by atoms with Gasteiger partial charge in [0.1, 0.15) is 0 Å². The lowest BCUT2D eigenvalue weighted by atomic mass is 10.2. The normalized spacial score (nSPS) is 23.2. The minimum atomic E-state index is -2.91. The van der Waals surface area contributed by atoms with Gasteiger partial charge in [0.2, 0.25) is 5.91 Å². The van der Waals surface area contributed by atoms with Crippen molar-refractivity contribution >= 4 is 27.3 Å². The molecule has 0 aromatic heterocycles. The molecule has 1 amide bonds. The van der Waals surface area contributed by atoms with Crippen LogP contribution >= 0.6 is 11.6 Å². The molecule has 16 heavy (non-hydrogen) atoms. The first-order chi connectivity index (χ1) is 7.46. The highest BCUT2D eigenvalue weighted by Gasteiger charge is 2.32. The van der Waals surface area contributed by atoms with Crippen LogP contribution in [0, 0.1) is 0 Å². The van der Waals surface area contributed by atoms with Gasteiger partial charge in [0, 0.05) is 25.4 Å². The van der Waals surface area contributed by atoms with Crippen molar-refractivity contribution in [1.29, 1.82) is 0 Å². The summed E-state index contributed by atoms with van der Waals surface area (Å²) in [4.78, 5) is 13.3. The Hall–Kier alpha value is -0.290. The number of amides is 1. The molecule has 1 aliphatic rings. The average Bonchev–Trinajstić information content (AvgIpc) is 2.58. The fraction of sp³-hybridized carbons (Fsp3) is 0.900. The first-order valence-corrected chi connectivity index (χ1v) is 7.84. The lowest BCUT2D eigenvalue weighted by molar-refractivity contribution is -0.131. The van der Waals surface area contributed by atoms with Gasteiger partial charge in [-0.1, -0.05) is 0 Å². The minimum Gasteiger partial charge on any atom is -0.342 e. The second kappa shape index (κ2) is 5.87. The van der Waals surface area contributed by atoms with Gasteiger partial charge in [-0.3, -0.25) is 4.79 Å². The number of nitrogens with zero attached hydrogens (tertiary/aromatic N) is 1. The number of sulfone groups is 1. The van der Waals surface area contributed by atoms with E-state index in [1.807, 2.05) is 0 Å². The summed E-state index contributed by atoms with van der Waals surface area (Å²) in [7, 11) is -1.23. The second-order valence-electron chi connectivity index (χ2n) is 4.21. The zero-order valence-corrected chi connectivity index (χ0v) is 11.1. The molecule has 1 atom stereocenters. The van der Waals surface area contributed by atoms with E-state index in [2.05, 4.69) is 0 Å². The maximum absolute atomic E-state index is 11.7. The van der Waals surface area contributed by atoms with Crippen molar-refractivity contribution in [3.8, 4) is 0 Å². The maximum Gasteiger partial charge on any atom is 0.222 e. The van der Waals surface area contributed by atoms with Gasteiger partial charge in [-0.25, -0.2) is 8.42 Å². The van der Waals surface area contributed by atoms with Crippen molar-refractivity contribution in [2.24, 2.45) is 0 Å². The topological polar surface area (TPSA) is 54.5 Å². The van der Waals surface area contributed by atoms with Gasteiger partial charge in [-0.2, -0.15) is 0 Å². The number of carbonyl (C=O) groups excluding carboxylic acids is 1. The Morgan fingerprint density at radius 1 is 1.44 bits per heavy atom. The third kappa shape index (κ3) is 3.94. The molecular weight excluding hydrogens is 250 g/mol. The molecule has 4 nitrogen and oxygen atoms in total. The van der Waals surface area contributed by atoms with E-state index in [4.69, 9.17) is 11.6 Å². The molecule has 1 aliphatic heterocycles. The van der Waals surface area contributed by atoms with Crippen LogP contribution in [0.2, 0.25) is 0 Å². The third-order valence-electron chi connectivity index (χ3n) is 2.92. The summed E-state index contributed by atoms with van der Waals surface area (Å²) in [6.45, 7) is 0. The fourth-order valence-electron chi connectivity index (χ4n) is 1.83. The van der Waals surface area contributed by atoms with Crippen LogP contribution in [0.4, 0.5) is 0 Å². The molecule has 0 N–H and O–H groups in total. The van der Waals surface area contributed by atoms with E-state index in [1.54, 1.807) is 11.9 Å². The van der Waals surface area contributed by atoms with Crippen molar-refractivity contribution in [2.45, 2.75) is 31.7 Å². The quantitative estimate of drug-likeness (QED) is 0.553. The molecule has 1 unspecified atom stereocenters. The fourth-order valence-corrected chi connectivity index (χ4v) is 3.79. The zero-order valence-electron chi connectivity index (χ0n) is 9.49. The first-order valence-electron chi connectivity index (χ1n) is 5.48. The summed E-state index contributed by atoms with van der Waals surface area (Å²) >= 11 is 5.52. The van der Waals surface area contributed by atoms with Gasteiger partial charge < -0.3 is 4.90 Å². The van der Waals surface area contributed by atoms with Crippen molar-refractivity contribution < 1.29 is 13.2 Å². The van der Waals surface area contributed by atoms with E-state index in [1.165, 1.54) is 0 Å². The van der Waals surface area contributed by atoms with E-state index in [0.29, 0.717) is 18.7 Å². The molecule has 0 radical (unpaired) electrons. The molecule has 0 bridgehead atoms. The lowest BCUT2D eigenvalue weighted by Gasteiger charge is -2.23. The number of unbranched alkanes of at least 4 members (excludes halogenated alkanes) is 1. The summed E-state index contributed by atoms with van der Waals surface area (Å²) < 4.78 is 22.5. The molecule has 1 saturated heterocycles. The maximum atomic E-state index is 11.7. The van der Waals surface area contributed by atoms with E-state index in [-0.39, 0.29) is 23.5 Å². The Morgan fingerprint density at radius 2 is 2.12 bits per heavy atom. The standard InChI is InChI=1S/C10H18ClNO3S/c1-12(10(13)4-2-3-6-11)9-5-7-16(14,15)8-9/h9H,2-8H2,1H3. The summed E-state index contributed by atoms with van der Waals surface area (Å²) in [5.41, 5.74) is 0. The molecule has 1 heterocycles. The van der Waals surface area contributed by atoms with E-state index >= 15 is 0 Å². The van der Waals surface area contributed by atoms with Crippen LogP contribution in [-0.2, 0) is 14.6 Å². The van der Waals surface area contributed by atoms with Crippen LogP contribution in [0.25, 0.3) is 0 Å². The van der Waals surface area contributed by atoms with Gasteiger partial charge in [0.05, 0.1) is 11.5 Å². The third-order valence-corrected chi connectivity index (χ3v) is 4.94. The first kappa shape index (κ1) is 13.8. The summed E-state index contributed by atoms with van der Waals surface area (Å²) in [6.07, 6.45) is 2.62. The van der Waals surface area contributed by atoms with Crippen molar-refractivity contribution in [1.82, 2.24) is 4.90 Å². The van der Waals surface area contributed by atoms with Crippen molar-refractivity contribution in [2.75, 3.05) is 24.4 Å². The highest BCUT2D eigenvalue weighted by atomic mass is 35.5. The summed E-state index contributed by atoms with van der Waals surface area (Å²) in [5.74, 6) is 0.906. The minimum absolute atomic E-state index is 0.0206. The number of hydrogen-bond acceptors (Lipinski definition) is 3. The van der Waals surface area contributed by atoms with Crippen LogP contribution in [0.1, 0.15) is 25.7 Å². The molecule has 94 valence electrons. The molecule has 6 heteroatoms. The molecule has 0 aliphatic carbocycles. The van der Waals surface area contributed by atoms with Gasteiger partial charge >= 0.3 is 0 Å². The van der Waals surface area contributed by atoms with Crippen LogP contribution in [-0.4, -0.2) is 49.7 Å². The second-order valence-corrected chi connectivity index (χ2v) is 6.81. The summed E-state index contributed by atoms with van der Waals surface area (Å²) in [6, 6.07) is -0.131. The van der Waals surface area contributed by atoms with Crippen molar-refractivity contribution in [3.63, 3.8) is 0 Å². The van der Waals surface area contributed by atoms with E-state index in [0.717, 1.165) is 12.8 Å². The predicted molar refractivity (Wildman–Crippen MR) is 64.4 cm³/mol. The number of rotatable bonds is 5. The molecule has 0 spiro atoms. The zero-order chi connectivity index (χ0) is 12.2. The Kier molecular flexibility index (Phi) is 5.05. The highest BCUT2D eigenvalue weighted by Crippen LogP contribution is 2.17. The largest absolute Gasteiger partial charge is 0.342 e. The van der Waals surface area contributed by atoms with Gasteiger partial charge in [-0.05, 0) is 19.3 Å². The highest BCUT2D eigenvalue weighted by molar-refractivity contribution is 7.91. The molecule has 0 saturated carbocycles. The number of halogens is 1. The van der Waals surface area contributed by atoms with Crippen LogP contribution in [0.15, 0.2) is 0 Å². The van der Waals surface area contributed by atoms with Crippen LogP contribution in [0.3, 0.4) is 0 Å². The molecule has 1 rings (SSSR count). The van der Waals surface area contributed by atoms with E-state index < -0.39 is 9.84 Å². The monoisotopic (exact) mass is 267 g/mol. The van der Waals surface area contributed by atoms with Gasteiger partial charge in [0.25, 0.3) is 0 Å². The SMILES string of the molecule is CN(C(=O)CCCCCl)C1CCS(=O)(=O)C1. The van der Waals surface area contributed by atoms with E-state index in [9.17, 15) is 13.2 Å². The Balaban J connectivity index is 2.40. The van der Waals surface area contributed by atoms with Gasteiger partial charge in [0.15, 0.2) is 9.84 Å². The van der Waals surface area contributed by atoms with Crippen LogP contribution in [0.5, 0.6) is 0 Å². The molecule has 0 aromatic rings.